The maximum atomic E-state index is 4.34. The third-order valence-corrected chi connectivity index (χ3v) is 2.71. The Labute approximate surface area is 104 Å². The van der Waals surface area contributed by atoms with Crippen molar-refractivity contribution in [2.75, 3.05) is 24.5 Å². The summed E-state index contributed by atoms with van der Waals surface area (Å²) in [7, 11) is 0. The molecule has 0 saturated heterocycles. The second-order valence-electron chi connectivity index (χ2n) is 4.41. The van der Waals surface area contributed by atoms with E-state index in [1.54, 1.807) is 6.33 Å². The van der Waals surface area contributed by atoms with Gasteiger partial charge in [-0.15, -0.1) is 0 Å². The highest BCUT2D eigenvalue weighted by Crippen LogP contribution is 2.10. The number of hydrogen-bond acceptors (Lipinski definition) is 4. The zero-order valence-corrected chi connectivity index (χ0v) is 11.4. The standard InChI is InChI=1S/C13H24N4/c1-5-12-9-13(16-10-15-12)17(6-2)8-7-14-11(3)4/h9-11,14H,5-8H2,1-4H3. The molecule has 1 aromatic heterocycles. The molecule has 0 unspecified atom stereocenters. The molecular formula is C13H24N4. The average Bonchev–Trinajstić information content (AvgIpc) is 2.34. The summed E-state index contributed by atoms with van der Waals surface area (Å²) in [5.74, 6) is 1.03. The van der Waals surface area contributed by atoms with Gasteiger partial charge in [0.05, 0.1) is 0 Å². The third kappa shape index (κ3) is 4.69. The van der Waals surface area contributed by atoms with Gasteiger partial charge in [0.15, 0.2) is 0 Å². The first-order chi connectivity index (χ1) is 8.17. The SMILES string of the molecule is CCc1cc(N(CC)CCNC(C)C)ncn1. The van der Waals surface area contributed by atoms with Crippen LogP contribution in [-0.4, -0.2) is 35.6 Å². The molecule has 0 spiro atoms. The van der Waals surface area contributed by atoms with Gasteiger partial charge in [0.25, 0.3) is 0 Å². The first kappa shape index (κ1) is 13.9. The van der Waals surface area contributed by atoms with E-state index in [1.165, 1.54) is 0 Å². The van der Waals surface area contributed by atoms with E-state index < -0.39 is 0 Å². The zero-order valence-electron chi connectivity index (χ0n) is 11.4. The number of anilines is 1. The lowest BCUT2D eigenvalue weighted by molar-refractivity contribution is 0.582. The molecule has 1 N–H and O–H groups in total. The van der Waals surface area contributed by atoms with Gasteiger partial charge >= 0.3 is 0 Å². The van der Waals surface area contributed by atoms with Gasteiger partial charge in [0, 0.05) is 37.4 Å². The van der Waals surface area contributed by atoms with Gasteiger partial charge in [-0.25, -0.2) is 9.97 Å². The second-order valence-corrected chi connectivity index (χ2v) is 4.41. The predicted molar refractivity (Wildman–Crippen MR) is 72.4 cm³/mol. The third-order valence-electron chi connectivity index (χ3n) is 2.71. The van der Waals surface area contributed by atoms with Crippen molar-refractivity contribution >= 4 is 5.82 Å². The normalized spacial score (nSPS) is 10.9. The molecule has 0 fully saturated rings. The van der Waals surface area contributed by atoms with Gasteiger partial charge in [-0.2, -0.15) is 0 Å². The van der Waals surface area contributed by atoms with Crippen LogP contribution in [0.25, 0.3) is 0 Å². The van der Waals surface area contributed by atoms with Crippen LogP contribution in [0.4, 0.5) is 5.82 Å². The summed E-state index contributed by atoms with van der Waals surface area (Å²) in [6, 6.07) is 2.61. The van der Waals surface area contributed by atoms with E-state index >= 15 is 0 Å². The van der Waals surface area contributed by atoms with Crippen LogP contribution in [0.1, 0.15) is 33.4 Å². The Balaban J connectivity index is 2.59. The average molecular weight is 236 g/mol. The van der Waals surface area contributed by atoms with E-state index in [9.17, 15) is 0 Å². The van der Waals surface area contributed by atoms with E-state index in [0.717, 1.165) is 37.6 Å². The van der Waals surface area contributed by atoms with Gasteiger partial charge < -0.3 is 10.2 Å². The summed E-state index contributed by atoms with van der Waals surface area (Å²) >= 11 is 0. The topological polar surface area (TPSA) is 41.0 Å². The van der Waals surface area contributed by atoms with Gasteiger partial charge in [0.2, 0.25) is 0 Å². The summed E-state index contributed by atoms with van der Waals surface area (Å²) in [5.41, 5.74) is 1.10. The molecule has 0 atom stereocenters. The molecule has 0 aliphatic rings. The quantitative estimate of drug-likeness (QED) is 0.784. The molecule has 0 amide bonds. The Hall–Kier alpha value is -1.16. The van der Waals surface area contributed by atoms with E-state index in [0.29, 0.717) is 6.04 Å². The Bertz CT molecular complexity index is 325. The second kappa shape index (κ2) is 7.22. The fraction of sp³-hybridized carbons (Fsp3) is 0.692. The summed E-state index contributed by atoms with van der Waals surface area (Å²) in [5, 5.41) is 3.42. The van der Waals surface area contributed by atoms with Crippen molar-refractivity contribution in [3.63, 3.8) is 0 Å². The van der Waals surface area contributed by atoms with Gasteiger partial charge in [-0.3, -0.25) is 0 Å². The van der Waals surface area contributed by atoms with Crippen LogP contribution >= 0.6 is 0 Å². The van der Waals surface area contributed by atoms with Crippen LogP contribution in [0.15, 0.2) is 12.4 Å². The lowest BCUT2D eigenvalue weighted by Gasteiger charge is -2.22. The lowest BCUT2D eigenvalue weighted by atomic mass is 10.3. The van der Waals surface area contributed by atoms with Crippen molar-refractivity contribution < 1.29 is 0 Å². The molecule has 1 heterocycles. The predicted octanol–water partition coefficient (Wildman–Crippen LogP) is 1.86. The molecular weight excluding hydrogens is 212 g/mol. The molecule has 4 nitrogen and oxygen atoms in total. The molecule has 0 radical (unpaired) electrons. The minimum absolute atomic E-state index is 0.533. The Morgan fingerprint density at radius 1 is 1.29 bits per heavy atom. The number of aryl methyl sites for hydroxylation is 1. The van der Waals surface area contributed by atoms with Crippen molar-refractivity contribution in [2.45, 2.75) is 40.2 Å². The Kier molecular flexibility index (Phi) is 5.91. The van der Waals surface area contributed by atoms with Crippen molar-refractivity contribution in [3.8, 4) is 0 Å². The summed E-state index contributed by atoms with van der Waals surface area (Å²) < 4.78 is 0. The summed E-state index contributed by atoms with van der Waals surface area (Å²) in [4.78, 5) is 10.8. The number of aromatic nitrogens is 2. The molecule has 0 saturated carbocycles. The highest BCUT2D eigenvalue weighted by atomic mass is 15.2. The maximum Gasteiger partial charge on any atom is 0.132 e. The number of likely N-dealkylation sites (N-methyl/N-ethyl adjacent to an activating group) is 1. The molecule has 4 heteroatoms. The number of nitrogens with zero attached hydrogens (tertiary/aromatic N) is 3. The fourth-order valence-electron chi connectivity index (χ4n) is 1.67. The zero-order chi connectivity index (χ0) is 12.7. The molecule has 0 aliphatic heterocycles. The molecule has 1 aromatic rings. The van der Waals surface area contributed by atoms with Gasteiger partial charge in [-0.1, -0.05) is 20.8 Å². The maximum absolute atomic E-state index is 4.34. The molecule has 96 valence electrons. The summed E-state index contributed by atoms with van der Waals surface area (Å²) in [6.07, 6.45) is 2.62. The van der Waals surface area contributed by atoms with E-state index in [4.69, 9.17) is 0 Å². The van der Waals surface area contributed by atoms with Crippen molar-refractivity contribution in [1.82, 2.24) is 15.3 Å². The van der Waals surface area contributed by atoms with Gasteiger partial charge in [-0.05, 0) is 13.3 Å². The van der Waals surface area contributed by atoms with Crippen molar-refractivity contribution in [2.24, 2.45) is 0 Å². The van der Waals surface area contributed by atoms with Crippen molar-refractivity contribution in [3.05, 3.63) is 18.1 Å². The van der Waals surface area contributed by atoms with Crippen LogP contribution in [0.3, 0.4) is 0 Å². The fourth-order valence-corrected chi connectivity index (χ4v) is 1.67. The smallest absolute Gasteiger partial charge is 0.132 e. The van der Waals surface area contributed by atoms with E-state index in [1.807, 2.05) is 0 Å². The first-order valence-electron chi connectivity index (χ1n) is 6.46. The monoisotopic (exact) mass is 236 g/mol. The highest BCUT2D eigenvalue weighted by Gasteiger charge is 2.06. The summed E-state index contributed by atoms with van der Waals surface area (Å²) in [6.45, 7) is 11.5. The number of rotatable bonds is 7. The van der Waals surface area contributed by atoms with Crippen LogP contribution in [-0.2, 0) is 6.42 Å². The Morgan fingerprint density at radius 2 is 2.06 bits per heavy atom. The molecule has 0 aliphatic carbocycles. The highest BCUT2D eigenvalue weighted by molar-refractivity contribution is 5.38. The molecule has 1 rings (SSSR count). The molecule has 0 aromatic carbocycles. The van der Waals surface area contributed by atoms with Crippen LogP contribution in [0.5, 0.6) is 0 Å². The minimum atomic E-state index is 0.533. The first-order valence-corrected chi connectivity index (χ1v) is 6.46. The van der Waals surface area contributed by atoms with Crippen LogP contribution in [0.2, 0.25) is 0 Å². The van der Waals surface area contributed by atoms with Gasteiger partial charge in [0.1, 0.15) is 12.1 Å². The minimum Gasteiger partial charge on any atom is -0.356 e. The largest absolute Gasteiger partial charge is 0.356 e. The molecule has 17 heavy (non-hydrogen) atoms. The van der Waals surface area contributed by atoms with E-state index in [2.05, 4.69) is 53.9 Å². The number of nitrogens with one attached hydrogen (secondary N) is 1. The lowest BCUT2D eigenvalue weighted by Crippen LogP contribution is -2.35. The Morgan fingerprint density at radius 3 is 2.65 bits per heavy atom. The number of hydrogen-bond donors (Lipinski definition) is 1. The van der Waals surface area contributed by atoms with Crippen LogP contribution in [0, 0.1) is 0 Å². The molecule has 0 bridgehead atoms. The van der Waals surface area contributed by atoms with Crippen LogP contribution < -0.4 is 10.2 Å². The van der Waals surface area contributed by atoms with Crippen molar-refractivity contribution in [1.29, 1.82) is 0 Å². The van der Waals surface area contributed by atoms with E-state index in [-0.39, 0.29) is 0 Å².